The number of benzene rings is 1. The number of ether oxygens (including phenoxy) is 1. The first-order valence-corrected chi connectivity index (χ1v) is 5.09. The zero-order valence-corrected chi connectivity index (χ0v) is 8.17. The second-order valence-electron chi connectivity index (χ2n) is 3.43. The van der Waals surface area contributed by atoms with Gasteiger partial charge in [-0.05, 0) is 24.5 Å². The summed E-state index contributed by atoms with van der Waals surface area (Å²) in [6.45, 7) is 0. The van der Waals surface area contributed by atoms with Crippen molar-refractivity contribution in [2.24, 2.45) is 0 Å². The summed E-state index contributed by atoms with van der Waals surface area (Å²) in [5, 5.41) is 0. The van der Waals surface area contributed by atoms with E-state index in [-0.39, 0.29) is 0 Å². The molecule has 0 amide bonds. The lowest BCUT2D eigenvalue weighted by Crippen LogP contribution is -1.97. The summed E-state index contributed by atoms with van der Waals surface area (Å²) in [6.07, 6.45) is 3.16. The van der Waals surface area contributed by atoms with Crippen LogP contribution in [0.15, 0.2) is 22.7 Å². The molecule has 12 heavy (non-hydrogen) atoms. The fraction of sp³-hybridized carbons (Fsp3) is 0.400. The Morgan fingerprint density at radius 3 is 2.92 bits per heavy atom. The first-order valence-electron chi connectivity index (χ1n) is 4.30. The maximum atomic E-state index is 5.79. The van der Waals surface area contributed by atoms with Crippen LogP contribution in [0.4, 0.5) is 0 Å². The first kappa shape index (κ1) is 7.10. The fourth-order valence-electron chi connectivity index (χ4n) is 2.25. The minimum Gasteiger partial charge on any atom is -0.366 e. The van der Waals surface area contributed by atoms with Gasteiger partial charge in [-0.1, -0.05) is 28.1 Å². The second kappa shape index (κ2) is 2.33. The highest BCUT2D eigenvalue weighted by Crippen LogP contribution is 2.52. The molecular weight excluding hydrogens is 216 g/mol. The Labute approximate surface area is 79.9 Å². The van der Waals surface area contributed by atoms with Gasteiger partial charge < -0.3 is 4.74 Å². The van der Waals surface area contributed by atoms with Crippen molar-refractivity contribution in [2.45, 2.75) is 25.0 Å². The topological polar surface area (TPSA) is 9.23 Å². The van der Waals surface area contributed by atoms with Crippen molar-refractivity contribution in [2.75, 3.05) is 0 Å². The number of hydrogen-bond acceptors (Lipinski definition) is 1. The van der Waals surface area contributed by atoms with E-state index in [9.17, 15) is 0 Å². The van der Waals surface area contributed by atoms with E-state index >= 15 is 0 Å². The summed E-state index contributed by atoms with van der Waals surface area (Å²) < 4.78 is 7.01. The van der Waals surface area contributed by atoms with Gasteiger partial charge in [0.05, 0.1) is 12.2 Å². The molecule has 2 atom stereocenters. The molecule has 3 rings (SSSR count). The number of rotatable bonds is 0. The molecule has 2 bridgehead atoms. The maximum Gasteiger partial charge on any atom is 0.0848 e. The van der Waals surface area contributed by atoms with Crippen LogP contribution in [0, 0.1) is 0 Å². The van der Waals surface area contributed by atoms with Crippen molar-refractivity contribution in [3.05, 3.63) is 33.8 Å². The van der Waals surface area contributed by atoms with Crippen molar-refractivity contribution in [3.8, 4) is 0 Å². The lowest BCUT2D eigenvalue weighted by Gasteiger charge is -2.11. The van der Waals surface area contributed by atoms with Crippen LogP contribution in [0.3, 0.4) is 0 Å². The van der Waals surface area contributed by atoms with Gasteiger partial charge in [0.2, 0.25) is 0 Å². The van der Waals surface area contributed by atoms with Gasteiger partial charge in [0.15, 0.2) is 0 Å². The van der Waals surface area contributed by atoms with E-state index in [1.165, 1.54) is 28.4 Å². The van der Waals surface area contributed by atoms with Crippen molar-refractivity contribution >= 4 is 15.9 Å². The fourth-order valence-corrected chi connectivity index (χ4v) is 2.89. The summed E-state index contributed by atoms with van der Waals surface area (Å²) in [6, 6.07) is 6.37. The minimum atomic E-state index is 0.376. The molecule has 1 nitrogen and oxygen atoms in total. The summed E-state index contributed by atoms with van der Waals surface area (Å²) in [5.41, 5.74) is 2.80. The Morgan fingerprint density at radius 1 is 1.25 bits per heavy atom. The van der Waals surface area contributed by atoms with Gasteiger partial charge in [0.25, 0.3) is 0 Å². The Balaban J connectivity index is 2.26. The van der Waals surface area contributed by atoms with E-state index in [4.69, 9.17) is 4.74 Å². The summed E-state index contributed by atoms with van der Waals surface area (Å²) >= 11 is 3.57. The number of halogens is 1. The molecule has 2 heteroatoms. The highest BCUT2D eigenvalue weighted by atomic mass is 79.9. The molecular formula is C10H9BrO. The maximum absolute atomic E-state index is 5.79. The number of fused-ring (bicyclic) bond motifs is 5. The van der Waals surface area contributed by atoms with Crippen molar-refractivity contribution in [1.82, 2.24) is 0 Å². The SMILES string of the molecule is Brc1cccc2c1C1CCC2O1. The Morgan fingerprint density at radius 2 is 2.08 bits per heavy atom. The average Bonchev–Trinajstić information content (AvgIpc) is 2.64. The van der Waals surface area contributed by atoms with Crippen molar-refractivity contribution in [3.63, 3.8) is 0 Å². The van der Waals surface area contributed by atoms with Crippen LogP contribution in [0.25, 0.3) is 0 Å². The summed E-state index contributed by atoms with van der Waals surface area (Å²) in [7, 11) is 0. The molecule has 1 saturated heterocycles. The van der Waals surface area contributed by atoms with E-state index in [0.717, 1.165) is 0 Å². The second-order valence-corrected chi connectivity index (χ2v) is 4.29. The quantitative estimate of drug-likeness (QED) is 0.657. The molecule has 0 radical (unpaired) electrons. The zero-order valence-electron chi connectivity index (χ0n) is 6.59. The van der Waals surface area contributed by atoms with Gasteiger partial charge in [-0.2, -0.15) is 0 Å². The van der Waals surface area contributed by atoms with Crippen LogP contribution in [-0.4, -0.2) is 0 Å². The molecule has 0 N–H and O–H groups in total. The minimum absolute atomic E-state index is 0.376. The molecule has 2 heterocycles. The third-order valence-electron chi connectivity index (χ3n) is 2.78. The monoisotopic (exact) mass is 224 g/mol. The normalized spacial score (nSPS) is 30.8. The molecule has 2 unspecified atom stereocenters. The molecule has 0 saturated carbocycles. The first-order chi connectivity index (χ1) is 5.86. The van der Waals surface area contributed by atoms with E-state index < -0.39 is 0 Å². The largest absolute Gasteiger partial charge is 0.366 e. The predicted octanol–water partition coefficient (Wildman–Crippen LogP) is 3.36. The van der Waals surface area contributed by atoms with Crippen molar-refractivity contribution < 1.29 is 4.74 Å². The molecule has 2 aliphatic rings. The van der Waals surface area contributed by atoms with Crippen LogP contribution in [0.2, 0.25) is 0 Å². The molecule has 1 aromatic rings. The summed E-state index contributed by atoms with van der Waals surface area (Å²) in [5.74, 6) is 0. The lowest BCUT2D eigenvalue weighted by molar-refractivity contribution is 0.0714. The van der Waals surface area contributed by atoms with Crippen LogP contribution in [0.1, 0.15) is 36.2 Å². The van der Waals surface area contributed by atoms with Gasteiger partial charge in [-0.25, -0.2) is 0 Å². The Kier molecular flexibility index (Phi) is 1.38. The highest BCUT2D eigenvalue weighted by Gasteiger charge is 2.38. The van der Waals surface area contributed by atoms with Gasteiger partial charge >= 0.3 is 0 Å². The van der Waals surface area contributed by atoms with Gasteiger partial charge in [0.1, 0.15) is 0 Å². The third-order valence-corrected chi connectivity index (χ3v) is 3.47. The van der Waals surface area contributed by atoms with Gasteiger partial charge in [-0.15, -0.1) is 0 Å². The molecule has 1 fully saturated rings. The van der Waals surface area contributed by atoms with Gasteiger partial charge in [-0.3, -0.25) is 0 Å². The molecule has 0 spiro atoms. The van der Waals surface area contributed by atoms with Crippen LogP contribution in [-0.2, 0) is 4.74 Å². The highest BCUT2D eigenvalue weighted by molar-refractivity contribution is 9.10. The van der Waals surface area contributed by atoms with E-state index in [0.29, 0.717) is 12.2 Å². The molecule has 0 aromatic heterocycles. The summed E-state index contributed by atoms with van der Waals surface area (Å²) in [4.78, 5) is 0. The smallest absolute Gasteiger partial charge is 0.0848 e. The average molecular weight is 225 g/mol. The molecule has 0 aliphatic carbocycles. The van der Waals surface area contributed by atoms with E-state index in [1.807, 2.05) is 0 Å². The van der Waals surface area contributed by atoms with Crippen LogP contribution >= 0.6 is 15.9 Å². The lowest BCUT2D eigenvalue weighted by atomic mass is 9.92. The van der Waals surface area contributed by atoms with E-state index in [2.05, 4.69) is 34.1 Å². The van der Waals surface area contributed by atoms with E-state index in [1.54, 1.807) is 0 Å². The van der Waals surface area contributed by atoms with Crippen LogP contribution < -0.4 is 0 Å². The third kappa shape index (κ3) is 0.771. The molecule has 62 valence electrons. The van der Waals surface area contributed by atoms with Gasteiger partial charge in [0, 0.05) is 10.0 Å². The Hall–Kier alpha value is -0.340. The molecule has 2 aliphatic heterocycles. The van der Waals surface area contributed by atoms with Crippen molar-refractivity contribution in [1.29, 1.82) is 0 Å². The zero-order chi connectivity index (χ0) is 8.13. The van der Waals surface area contributed by atoms with Crippen LogP contribution in [0.5, 0.6) is 0 Å². The Bertz CT molecular complexity index is 335. The number of hydrogen-bond donors (Lipinski definition) is 0. The molecule has 1 aromatic carbocycles. The predicted molar refractivity (Wildman–Crippen MR) is 49.9 cm³/mol. The standard InChI is InChI=1S/C10H9BrO/c11-7-3-1-2-6-8-4-5-9(12-8)10(6)7/h1-3,8-9H,4-5H2.